The average molecular weight is 665 g/mol. The van der Waals surface area contributed by atoms with Crippen molar-refractivity contribution in [2.45, 2.75) is 28.5 Å². The van der Waals surface area contributed by atoms with Crippen LogP contribution in [0.15, 0.2) is 78.4 Å². The molecule has 6 atom stereocenters. The number of allylic oxidation sites excluding steroid dienone is 2. The first kappa shape index (κ1) is 29.9. The number of carbonyl (C=O) groups is 5. The lowest BCUT2D eigenvalue weighted by Crippen LogP contribution is -2.60. The van der Waals surface area contributed by atoms with Gasteiger partial charge in [0.2, 0.25) is 11.8 Å². The number of alkyl halides is 2. The highest BCUT2D eigenvalue weighted by Gasteiger charge is 2.76. The quantitative estimate of drug-likeness (QED) is 0.206. The van der Waals surface area contributed by atoms with Crippen molar-refractivity contribution in [3.8, 4) is 11.5 Å². The van der Waals surface area contributed by atoms with Gasteiger partial charge in [0.1, 0.15) is 22.9 Å². The number of hydrogen-bond acceptors (Lipinski definition) is 7. The Balaban J connectivity index is 1.37. The van der Waals surface area contributed by atoms with E-state index in [1.807, 2.05) is 0 Å². The summed E-state index contributed by atoms with van der Waals surface area (Å²) in [5.41, 5.74) is 0.434. The number of imide groups is 2. The molecule has 6 unspecified atom stereocenters. The van der Waals surface area contributed by atoms with Gasteiger partial charge in [-0.05, 0) is 72.9 Å². The fourth-order valence-electron chi connectivity index (χ4n) is 7.57. The number of carboxylic acid groups (broad SMARTS) is 1. The summed E-state index contributed by atoms with van der Waals surface area (Å²) in [6.45, 7) is 0. The van der Waals surface area contributed by atoms with Crippen molar-refractivity contribution in [2.24, 2.45) is 17.8 Å². The van der Waals surface area contributed by atoms with E-state index in [9.17, 15) is 43.7 Å². The SMILES string of the molecule is O=C(O)c1ccc(N2C(=O)C3CC=C4C(CC5(Cl)C(=O)N(c6ccc(F)cc6)C(=O)C5(Cl)C4c4cccc(O)c4)C3C2=O)cc1O. The molecular formula is C33H23Cl2FN2O8. The van der Waals surface area contributed by atoms with Crippen LogP contribution >= 0.6 is 23.2 Å². The van der Waals surface area contributed by atoms with Gasteiger partial charge < -0.3 is 15.3 Å². The van der Waals surface area contributed by atoms with Crippen LogP contribution in [-0.2, 0) is 19.2 Å². The Hall–Kier alpha value is -4.74. The Kier molecular flexibility index (Phi) is 6.60. The molecule has 4 amide bonds. The minimum atomic E-state index is -2.15. The van der Waals surface area contributed by atoms with Gasteiger partial charge in [-0.1, -0.05) is 23.8 Å². The zero-order valence-electron chi connectivity index (χ0n) is 23.6. The van der Waals surface area contributed by atoms with Crippen LogP contribution in [0.2, 0.25) is 0 Å². The molecule has 2 aliphatic carbocycles. The Morgan fingerprint density at radius 1 is 0.848 bits per heavy atom. The fraction of sp³-hybridized carbons (Fsp3) is 0.242. The van der Waals surface area contributed by atoms with Gasteiger partial charge in [-0.15, -0.1) is 23.2 Å². The molecule has 46 heavy (non-hydrogen) atoms. The van der Waals surface area contributed by atoms with Crippen LogP contribution in [-0.4, -0.2) is 54.7 Å². The van der Waals surface area contributed by atoms with Crippen LogP contribution in [0.4, 0.5) is 15.8 Å². The molecule has 0 spiro atoms. The first-order chi connectivity index (χ1) is 21.8. The fourth-order valence-corrected chi connectivity index (χ4v) is 8.51. The van der Waals surface area contributed by atoms with Gasteiger partial charge in [0.15, 0.2) is 9.75 Å². The molecular weight excluding hydrogens is 642 g/mol. The van der Waals surface area contributed by atoms with E-state index in [0.717, 1.165) is 34.1 Å². The number of aromatic hydroxyl groups is 2. The summed E-state index contributed by atoms with van der Waals surface area (Å²) in [7, 11) is 0. The van der Waals surface area contributed by atoms with Gasteiger partial charge >= 0.3 is 5.97 Å². The maximum atomic E-state index is 14.3. The van der Waals surface area contributed by atoms with Gasteiger partial charge in [-0.25, -0.2) is 19.0 Å². The molecule has 3 fully saturated rings. The van der Waals surface area contributed by atoms with Gasteiger partial charge in [0, 0.05) is 12.0 Å². The molecule has 1 saturated carbocycles. The van der Waals surface area contributed by atoms with E-state index in [-0.39, 0.29) is 30.0 Å². The normalized spacial score (nSPS) is 30.2. The summed E-state index contributed by atoms with van der Waals surface area (Å²) in [4.78, 5) is 65.2. The third kappa shape index (κ3) is 3.91. The van der Waals surface area contributed by atoms with E-state index in [1.54, 1.807) is 12.1 Å². The molecule has 0 bridgehead atoms. The van der Waals surface area contributed by atoms with Crippen LogP contribution in [0.1, 0.15) is 34.7 Å². The average Bonchev–Trinajstić information content (AvgIpc) is 3.35. The molecule has 3 N–H and O–H groups in total. The molecule has 10 nitrogen and oxygen atoms in total. The number of benzene rings is 3. The molecule has 2 heterocycles. The largest absolute Gasteiger partial charge is 0.508 e. The summed E-state index contributed by atoms with van der Waals surface area (Å²) >= 11 is 14.5. The van der Waals surface area contributed by atoms with Gasteiger partial charge in [0.05, 0.1) is 23.2 Å². The maximum absolute atomic E-state index is 14.3. The molecule has 0 radical (unpaired) electrons. The smallest absolute Gasteiger partial charge is 0.339 e. The van der Waals surface area contributed by atoms with Gasteiger partial charge in [-0.2, -0.15) is 0 Å². The standard InChI is InChI=1S/C33H23Cl2FN2O8/c34-32-14-23-20(10-11-22-25(23)28(42)37(27(22)41)18-8-9-21(29(43)44)24(40)13-18)26(15-2-1-3-19(39)12-15)33(32,35)31(46)38(30(32)45)17-6-4-16(36)5-7-17/h1-10,12-13,22-23,25-26,39-40H,11,14H2,(H,43,44). The second-order valence-electron chi connectivity index (χ2n) is 11.9. The number of aromatic carboxylic acids is 1. The van der Waals surface area contributed by atoms with Crippen molar-refractivity contribution in [1.82, 2.24) is 0 Å². The second kappa shape index (κ2) is 10.1. The Labute approximate surface area is 270 Å². The summed E-state index contributed by atoms with van der Waals surface area (Å²) in [6.07, 6.45) is 1.48. The van der Waals surface area contributed by atoms with Crippen LogP contribution < -0.4 is 9.80 Å². The number of amides is 4. The van der Waals surface area contributed by atoms with Crippen molar-refractivity contribution in [1.29, 1.82) is 0 Å². The Morgan fingerprint density at radius 2 is 1.54 bits per heavy atom. The van der Waals surface area contributed by atoms with Crippen LogP contribution in [0.5, 0.6) is 11.5 Å². The third-order valence-corrected chi connectivity index (χ3v) is 11.0. The first-order valence-corrected chi connectivity index (χ1v) is 15.0. The molecule has 4 aliphatic rings. The van der Waals surface area contributed by atoms with E-state index >= 15 is 0 Å². The van der Waals surface area contributed by atoms with E-state index in [1.165, 1.54) is 36.4 Å². The van der Waals surface area contributed by atoms with Crippen LogP contribution in [0.3, 0.4) is 0 Å². The number of anilines is 2. The predicted octanol–water partition coefficient (Wildman–Crippen LogP) is 4.70. The number of fused-ring (bicyclic) bond motifs is 4. The molecule has 2 aliphatic heterocycles. The monoisotopic (exact) mass is 664 g/mol. The lowest BCUT2D eigenvalue weighted by atomic mass is 9.56. The Morgan fingerprint density at radius 3 is 2.20 bits per heavy atom. The van der Waals surface area contributed by atoms with Crippen molar-refractivity contribution in [2.75, 3.05) is 9.80 Å². The number of phenols is 2. The lowest BCUT2D eigenvalue weighted by molar-refractivity contribution is -0.125. The van der Waals surface area contributed by atoms with Crippen LogP contribution in [0, 0.1) is 23.6 Å². The number of phenolic OH excluding ortho intramolecular Hbond substituents is 1. The first-order valence-electron chi connectivity index (χ1n) is 14.2. The van der Waals surface area contributed by atoms with Gasteiger partial charge in [-0.3, -0.25) is 19.2 Å². The van der Waals surface area contributed by atoms with E-state index in [4.69, 9.17) is 23.2 Å². The second-order valence-corrected chi connectivity index (χ2v) is 13.1. The summed E-state index contributed by atoms with van der Waals surface area (Å²) < 4.78 is 13.8. The molecule has 3 aromatic carbocycles. The minimum absolute atomic E-state index is 0.0318. The summed E-state index contributed by atoms with van der Waals surface area (Å²) in [6, 6.07) is 14.0. The van der Waals surface area contributed by atoms with Crippen molar-refractivity contribution < 1.29 is 43.7 Å². The number of carboxylic acids is 1. The topological polar surface area (TPSA) is 153 Å². The van der Waals surface area contributed by atoms with E-state index < -0.39 is 80.1 Å². The van der Waals surface area contributed by atoms with Crippen molar-refractivity contribution in [3.63, 3.8) is 0 Å². The highest BCUT2D eigenvalue weighted by atomic mass is 35.5. The number of nitrogens with zero attached hydrogens (tertiary/aromatic N) is 2. The van der Waals surface area contributed by atoms with E-state index in [0.29, 0.717) is 11.1 Å². The zero-order valence-corrected chi connectivity index (χ0v) is 25.1. The number of halogens is 3. The maximum Gasteiger partial charge on any atom is 0.339 e. The summed E-state index contributed by atoms with van der Waals surface area (Å²) in [5, 5.41) is 30.0. The number of rotatable bonds is 4. The van der Waals surface area contributed by atoms with Crippen molar-refractivity contribution >= 4 is 64.2 Å². The molecule has 2 saturated heterocycles. The van der Waals surface area contributed by atoms with Gasteiger partial charge in [0.25, 0.3) is 11.8 Å². The molecule has 7 rings (SSSR count). The minimum Gasteiger partial charge on any atom is -0.508 e. The molecule has 0 aromatic heterocycles. The highest BCUT2D eigenvalue weighted by molar-refractivity contribution is 6.58. The van der Waals surface area contributed by atoms with Crippen molar-refractivity contribution in [3.05, 3.63) is 95.3 Å². The molecule has 234 valence electrons. The van der Waals surface area contributed by atoms with E-state index in [2.05, 4.69) is 0 Å². The predicted molar refractivity (Wildman–Crippen MR) is 162 cm³/mol. The third-order valence-electron chi connectivity index (χ3n) is 9.57. The molecule has 13 heteroatoms. The highest BCUT2D eigenvalue weighted by Crippen LogP contribution is 2.66. The molecule has 3 aromatic rings. The lowest BCUT2D eigenvalue weighted by Gasteiger charge is -2.50. The zero-order chi connectivity index (χ0) is 32.9. The number of hydrogen-bond donors (Lipinski definition) is 3. The summed E-state index contributed by atoms with van der Waals surface area (Å²) in [5.74, 6) is -9.70. The Bertz CT molecular complexity index is 1930. The number of carbonyl (C=O) groups excluding carboxylic acids is 4. The van der Waals surface area contributed by atoms with Crippen LogP contribution in [0.25, 0.3) is 0 Å².